The minimum Gasteiger partial charge on any atom is -0.323 e. The lowest BCUT2D eigenvalue weighted by molar-refractivity contribution is -0.122. The molecule has 6 heteroatoms. The maximum absolute atomic E-state index is 13.9. The normalized spacial score (nSPS) is 17.0. The number of carbonyl (C=O) groups excluding carboxylic acids is 2. The van der Waals surface area contributed by atoms with Crippen LogP contribution in [0.4, 0.5) is 15.8 Å². The minimum atomic E-state index is -0.516. The zero-order chi connectivity index (χ0) is 18.1. The average Bonchev–Trinajstić information content (AvgIpc) is 2.95. The summed E-state index contributed by atoms with van der Waals surface area (Å²) in [5, 5.41) is 2.58. The molecule has 0 unspecified atom stereocenters. The first-order valence-electron chi connectivity index (χ1n) is 7.98. The molecule has 1 heterocycles. The van der Waals surface area contributed by atoms with Gasteiger partial charge in [-0.2, -0.15) is 0 Å². The summed E-state index contributed by atoms with van der Waals surface area (Å²) in [4.78, 5) is 26.4. The Balaban J connectivity index is 1.73. The summed E-state index contributed by atoms with van der Waals surface area (Å²) in [5.74, 6) is -1.46. The fourth-order valence-electron chi connectivity index (χ4n) is 2.85. The van der Waals surface area contributed by atoms with Crippen LogP contribution in [-0.4, -0.2) is 18.4 Å². The molecule has 0 radical (unpaired) electrons. The Morgan fingerprint density at radius 2 is 1.96 bits per heavy atom. The molecule has 0 saturated carbocycles. The van der Waals surface area contributed by atoms with E-state index in [4.69, 9.17) is 0 Å². The number of nitrogens with one attached hydrogen (secondary N) is 1. The van der Waals surface area contributed by atoms with Gasteiger partial charge in [-0.3, -0.25) is 9.59 Å². The molecule has 3 rings (SSSR count). The predicted molar refractivity (Wildman–Crippen MR) is 99.1 cm³/mol. The standard InChI is InChI=1S/C19H18BrFN2O2/c1-11-3-5-15(7-12(11)2)23-10-13(8-18(23)24)19(25)22-17-6-4-14(20)9-16(17)21/h3-7,9,13H,8,10H2,1-2H3,(H,22,25)/t13-/m1/s1. The first kappa shape index (κ1) is 17.6. The summed E-state index contributed by atoms with van der Waals surface area (Å²) in [6.45, 7) is 4.29. The molecule has 1 fully saturated rings. The van der Waals surface area contributed by atoms with E-state index in [9.17, 15) is 14.0 Å². The van der Waals surface area contributed by atoms with E-state index in [0.717, 1.165) is 16.8 Å². The Morgan fingerprint density at radius 1 is 1.20 bits per heavy atom. The SMILES string of the molecule is Cc1ccc(N2C[C@H](C(=O)Nc3ccc(Br)cc3F)CC2=O)cc1C. The summed E-state index contributed by atoms with van der Waals surface area (Å²) in [5.41, 5.74) is 3.15. The predicted octanol–water partition coefficient (Wildman–Crippen LogP) is 4.20. The monoisotopic (exact) mass is 404 g/mol. The Hall–Kier alpha value is -2.21. The summed E-state index contributed by atoms with van der Waals surface area (Å²) >= 11 is 3.18. The van der Waals surface area contributed by atoms with Crippen LogP contribution in [-0.2, 0) is 9.59 Å². The van der Waals surface area contributed by atoms with Gasteiger partial charge < -0.3 is 10.2 Å². The molecule has 1 aliphatic heterocycles. The maximum Gasteiger partial charge on any atom is 0.229 e. The van der Waals surface area contributed by atoms with Gasteiger partial charge in [-0.15, -0.1) is 0 Å². The van der Waals surface area contributed by atoms with Gasteiger partial charge in [0.05, 0.1) is 11.6 Å². The van der Waals surface area contributed by atoms with E-state index in [1.807, 2.05) is 32.0 Å². The molecule has 0 spiro atoms. The van der Waals surface area contributed by atoms with Gasteiger partial charge in [-0.05, 0) is 55.3 Å². The van der Waals surface area contributed by atoms with Crippen LogP contribution in [0.3, 0.4) is 0 Å². The second-order valence-electron chi connectivity index (χ2n) is 6.29. The molecule has 2 aromatic carbocycles. The first-order chi connectivity index (χ1) is 11.8. The highest BCUT2D eigenvalue weighted by Gasteiger charge is 2.35. The Morgan fingerprint density at radius 3 is 2.64 bits per heavy atom. The summed E-state index contributed by atoms with van der Waals surface area (Å²) < 4.78 is 14.5. The van der Waals surface area contributed by atoms with Crippen molar-refractivity contribution >= 4 is 39.1 Å². The highest BCUT2D eigenvalue weighted by Crippen LogP contribution is 2.28. The molecule has 1 N–H and O–H groups in total. The number of carbonyl (C=O) groups is 2. The zero-order valence-corrected chi connectivity index (χ0v) is 15.6. The van der Waals surface area contributed by atoms with Crippen molar-refractivity contribution in [2.45, 2.75) is 20.3 Å². The maximum atomic E-state index is 13.9. The number of hydrogen-bond donors (Lipinski definition) is 1. The number of rotatable bonds is 3. The van der Waals surface area contributed by atoms with Crippen molar-refractivity contribution in [3.05, 3.63) is 57.8 Å². The van der Waals surface area contributed by atoms with Crippen molar-refractivity contribution in [1.29, 1.82) is 0 Å². The van der Waals surface area contributed by atoms with E-state index in [1.54, 1.807) is 11.0 Å². The van der Waals surface area contributed by atoms with Crippen molar-refractivity contribution in [2.24, 2.45) is 5.92 Å². The molecule has 2 aromatic rings. The van der Waals surface area contributed by atoms with Crippen LogP contribution in [0.25, 0.3) is 0 Å². The van der Waals surface area contributed by atoms with Crippen LogP contribution in [0.2, 0.25) is 0 Å². The van der Waals surface area contributed by atoms with Crippen LogP contribution in [0.5, 0.6) is 0 Å². The molecule has 1 aliphatic rings. The fourth-order valence-corrected chi connectivity index (χ4v) is 3.19. The molecule has 4 nitrogen and oxygen atoms in total. The van der Waals surface area contributed by atoms with Crippen LogP contribution in [0.15, 0.2) is 40.9 Å². The molecule has 1 saturated heterocycles. The largest absolute Gasteiger partial charge is 0.323 e. The summed E-state index contributed by atoms with van der Waals surface area (Å²) in [7, 11) is 0. The zero-order valence-electron chi connectivity index (χ0n) is 14.0. The van der Waals surface area contributed by atoms with E-state index >= 15 is 0 Å². The van der Waals surface area contributed by atoms with Crippen LogP contribution in [0.1, 0.15) is 17.5 Å². The Kier molecular flexibility index (Phi) is 4.90. The van der Waals surface area contributed by atoms with Gasteiger partial charge in [-0.25, -0.2) is 4.39 Å². The van der Waals surface area contributed by atoms with Crippen molar-refractivity contribution in [3.63, 3.8) is 0 Å². The molecule has 130 valence electrons. The van der Waals surface area contributed by atoms with E-state index in [1.165, 1.54) is 12.1 Å². The molecule has 0 aliphatic carbocycles. The summed E-state index contributed by atoms with van der Waals surface area (Å²) in [6.07, 6.45) is 0.122. The number of aryl methyl sites for hydroxylation is 2. The number of amides is 2. The lowest BCUT2D eigenvalue weighted by atomic mass is 10.1. The van der Waals surface area contributed by atoms with Gasteiger partial charge in [0.15, 0.2) is 0 Å². The highest BCUT2D eigenvalue weighted by atomic mass is 79.9. The third kappa shape index (κ3) is 3.74. The lowest BCUT2D eigenvalue weighted by Gasteiger charge is -2.18. The molecule has 0 bridgehead atoms. The molecule has 25 heavy (non-hydrogen) atoms. The molecular formula is C19H18BrFN2O2. The van der Waals surface area contributed by atoms with Crippen LogP contribution < -0.4 is 10.2 Å². The van der Waals surface area contributed by atoms with Gasteiger partial charge in [-0.1, -0.05) is 22.0 Å². The molecule has 2 amide bonds. The first-order valence-corrected chi connectivity index (χ1v) is 8.78. The van der Waals surface area contributed by atoms with Crippen molar-refractivity contribution in [1.82, 2.24) is 0 Å². The Labute approximate surface area is 154 Å². The third-order valence-corrected chi connectivity index (χ3v) is 4.98. The van der Waals surface area contributed by atoms with Gasteiger partial charge in [0.25, 0.3) is 0 Å². The number of nitrogens with zero attached hydrogens (tertiary/aromatic N) is 1. The number of benzene rings is 2. The quantitative estimate of drug-likeness (QED) is 0.833. The van der Waals surface area contributed by atoms with Crippen molar-refractivity contribution < 1.29 is 14.0 Å². The molecule has 0 aromatic heterocycles. The molecular weight excluding hydrogens is 387 g/mol. The van der Waals surface area contributed by atoms with Gasteiger partial charge in [0.2, 0.25) is 11.8 Å². The average molecular weight is 405 g/mol. The number of hydrogen-bond acceptors (Lipinski definition) is 2. The number of anilines is 2. The third-order valence-electron chi connectivity index (χ3n) is 4.49. The van der Waals surface area contributed by atoms with Gasteiger partial charge in [0, 0.05) is 23.1 Å². The van der Waals surface area contributed by atoms with Crippen molar-refractivity contribution in [2.75, 3.05) is 16.8 Å². The van der Waals surface area contributed by atoms with E-state index in [2.05, 4.69) is 21.2 Å². The topological polar surface area (TPSA) is 49.4 Å². The highest BCUT2D eigenvalue weighted by molar-refractivity contribution is 9.10. The van der Waals surface area contributed by atoms with Crippen molar-refractivity contribution in [3.8, 4) is 0 Å². The van der Waals surface area contributed by atoms with Crippen LogP contribution >= 0.6 is 15.9 Å². The van der Waals surface area contributed by atoms with Gasteiger partial charge >= 0.3 is 0 Å². The second kappa shape index (κ2) is 6.96. The minimum absolute atomic E-state index is 0.0975. The Bertz CT molecular complexity index is 853. The van der Waals surface area contributed by atoms with Crippen LogP contribution in [0, 0.1) is 25.6 Å². The lowest BCUT2D eigenvalue weighted by Crippen LogP contribution is -2.28. The summed E-state index contributed by atoms with van der Waals surface area (Å²) in [6, 6.07) is 10.2. The second-order valence-corrected chi connectivity index (χ2v) is 7.20. The van der Waals surface area contributed by atoms with E-state index < -0.39 is 11.7 Å². The van der Waals surface area contributed by atoms with Gasteiger partial charge in [0.1, 0.15) is 5.82 Å². The van der Waals surface area contributed by atoms with E-state index in [0.29, 0.717) is 11.0 Å². The number of halogens is 2. The smallest absolute Gasteiger partial charge is 0.229 e. The molecule has 1 atom stereocenters. The fraction of sp³-hybridized carbons (Fsp3) is 0.263. The van der Waals surface area contributed by atoms with E-state index in [-0.39, 0.29) is 23.9 Å².